The van der Waals surface area contributed by atoms with Crippen LogP contribution >= 0.6 is 0 Å². The van der Waals surface area contributed by atoms with Gasteiger partial charge in [0.25, 0.3) is 0 Å². The van der Waals surface area contributed by atoms with E-state index in [1.807, 2.05) is 6.92 Å². The zero-order chi connectivity index (χ0) is 18.0. The standard InChI is InChI=1S/C19H17FN2O3/c1-3-25-19(24)16-11-22(10-13-5-4-6-14(20)9-13)18-15(17(16)23)8-7-12(2)21-18/h4-9,11H,3,10H2,1-2H3. The molecule has 5 nitrogen and oxygen atoms in total. The minimum absolute atomic E-state index is 0.0589. The topological polar surface area (TPSA) is 61.2 Å². The zero-order valence-corrected chi connectivity index (χ0v) is 14.0. The lowest BCUT2D eigenvalue weighted by Crippen LogP contribution is -2.22. The zero-order valence-electron chi connectivity index (χ0n) is 14.0. The highest BCUT2D eigenvalue weighted by atomic mass is 19.1. The summed E-state index contributed by atoms with van der Waals surface area (Å²) in [7, 11) is 0. The van der Waals surface area contributed by atoms with Crippen LogP contribution in [-0.4, -0.2) is 22.1 Å². The predicted octanol–water partition coefficient (Wildman–Crippen LogP) is 3.07. The Morgan fingerprint density at radius 3 is 2.80 bits per heavy atom. The molecule has 0 saturated heterocycles. The number of esters is 1. The molecule has 2 heterocycles. The van der Waals surface area contributed by atoms with Crippen molar-refractivity contribution in [3.05, 3.63) is 75.5 Å². The highest BCUT2D eigenvalue weighted by Crippen LogP contribution is 2.14. The van der Waals surface area contributed by atoms with E-state index in [0.29, 0.717) is 16.6 Å². The van der Waals surface area contributed by atoms with E-state index in [9.17, 15) is 14.0 Å². The van der Waals surface area contributed by atoms with Crippen LogP contribution in [0.15, 0.2) is 47.4 Å². The minimum atomic E-state index is -0.678. The van der Waals surface area contributed by atoms with E-state index in [1.165, 1.54) is 18.3 Å². The van der Waals surface area contributed by atoms with Crippen molar-refractivity contribution in [1.82, 2.24) is 9.55 Å². The van der Waals surface area contributed by atoms with Crippen LogP contribution in [0.5, 0.6) is 0 Å². The third-order valence-electron chi connectivity index (χ3n) is 3.80. The summed E-state index contributed by atoms with van der Waals surface area (Å²) >= 11 is 0. The number of nitrogens with zero attached hydrogens (tertiary/aromatic N) is 2. The Hall–Kier alpha value is -3.02. The van der Waals surface area contributed by atoms with Crippen LogP contribution in [0.3, 0.4) is 0 Å². The lowest BCUT2D eigenvalue weighted by atomic mass is 10.1. The number of ether oxygens (including phenoxy) is 1. The van der Waals surface area contributed by atoms with Crippen molar-refractivity contribution < 1.29 is 13.9 Å². The van der Waals surface area contributed by atoms with Gasteiger partial charge in [0.1, 0.15) is 17.0 Å². The van der Waals surface area contributed by atoms with Gasteiger partial charge < -0.3 is 9.30 Å². The van der Waals surface area contributed by atoms with Crippen LogP contribution in [0.2, 0.25) is 0 Å². The van der Waals surface area contributed by atoms with Gasteiger partial charge in [-0.15, -0.1) is 0 Å². The number of carbonyl (C=O) groups excluding carboxylic acids is 1. The lowest BCUT2D eigenvalue weighted by molar-refractivity contribution is 0.0524. The molecule has 0 bridgehead atoms. The Bertz CT molecular complexity index is 1010. The average Bonchev–Trinajstić information content (AvgIpc) is 2.57. The van der Waals surface area contributed by atoms with Crippen molar-refractivity contribution in [1.29, 1.82) is 0 Å². The van der Waals surface area contributed by atoms with Crippen LogP contribution in [0, 0.1) is 12.7 Å². The molecule has 6 heteroatoms. The molecule has 0 N–H and O–H groups in total. The molecule has 3 rings (SSSR count). The second-order valence-electron chi connectivity index (χ2n) is 5.67. The van der Waals surface area contributed by atoms with Gasteiger partial charge in [0.2, 0.25) is 5.43 Å². The summed E-state index contributed by atoms with van der Waals surface area (Å²) in [4.78, 5) is 29.1. The van der Waals surface area contributed by atoms with Gasteiger partial charge in [0, 0.05) is 18.4 Å². The molecule has 0 saturated carbocycles. The van der Waals surface area contributed by atoms with E-state index in [1.54, 1.807) is 35.8 Å². The summed E-state index contributed by atoms with van der Waals surface area (Å²) in [5.41, 5.74) is 1.40. The Kier molecular flexibility index (Phi) is 4.61. The molecule has 128 valence electrons. The van der Waals surface area contributed by atoms with Gasteiger partial charge in [-0.1, -0.05) is 12.1 Å². The number of benzene rings is 1. The summed E-state index contributed by atoms with van der Waals surface area (Å²) in [5.74, 6) is -1.03. The molecule has 0 aliphatic rings. The first-order valence-corrected chi connectivity index (χ1v) is 7.92. The van der Waals surface area contributed by atoms with Gasteiger partial charge in [-0.25, -0.2) is 14.2 Å². The second-order valence-corrected chi connectivity index (χ2v) is 5.67. The fourth-order valence-corrected chi connectivity index (χ4v) is 2.67. The molecule has 0 spiro atoms. The summed E-state index contributed by atoms with van der Waals surface area (Å²) < 4.78 is 20.1. The fraction of sp³-hybridized carbons (Fsp3) is 0.211. The minimum Gasteiger partial charge on any atom is -0.462 e. The van der Waals surface area contributed by atoms with Crippen molar-refractivity contribution >= 4 is 17.0 Å². The van der Waals surface area contributed by atoms with Gasteiger partial charge in [-0.2, -0.15) is 0 Å². The SMILES string of the molecule is CCOC(=O)c1cn(Cc2cccc(F)c2)c2nc(C)ccc2c1=O. The first-order valence-electron chi connectivity index (χ1n) is 7.92. The molecular weight excluding hydrogens is 323 g/mol. The van der Waals surface area contributed by atoms with Crippen molar-refractivity contribution in [3.63, 3.8) is 0 Å². The molecule has 0 amide bonds. The number of rotatable bonds is 4. The summed E-state index contributed by atoms with van der Waals surface area (Å²) in [6.07, 6.45) is 1.43. The molecule has 25 heavy (non-hydrogen) atoms. The number of fused-ring (bicyclic) bond motifs is 1. The number of hydrogen-bond acceptors (Lipinski definition) is 4. The van der Waals surface area contributed by atoms with Crippen molar-refractivity contribution in [3.8, 4) is 0 Å². The highest BCUT2D eigenvalue weighted by molar-refractivity contribution is 5.93. The molecule has 0 unspecified atom stereocenters. The Morgan fingerprint density at radius 2 is 2.08 bits per heavy atom. The number of aromatic nitrogens is 2. The van der Waals surface area contributed by atoms with E-state index >= 15 is 0 Å². The van der Waals surface area contributed by atoms with E-state index in [2.05, 4.69) is 4.98 Å². The third-order valence-corrected chi connectivity index (χ3v) is 3.80. The van der Waals surface area contributed by atoms with Crippen molar-refractivity contribution in [2.24, 2.45) is 0 Å². The highest BCUT2D eigenvalue weighted by Gasteiger charge is 2.17. The van der Waals surface area contributed by atoms with Crippen LogP contribution in [0.1, 0.15) is 28.5 Å². The molecule has 0 aliphatic carbocycles. The van der Waals surface area contributed by atoms with Crippen LogP contribution in [0.4, 0.5) is 4.39 Å². The molecule has 0 fully saturated rings. The molecule has 3 aromatic rings. The molecule has 0 radical (unpaired) electrons. The van der Waals surface area contributed by atoms with Gasteiger partial charge in [0.05, 0.1) is 12.0 Å². The average molecular weight is 340 g/mol. The van der Waals surface area contributed by atoms with E-state index < -0.39 is 11.4 Å². The number of pyridine rings is 2. The van der Waals surface area contributed by atoms with Crippen LogP contribution in [0.25, 0.3) is 11.0 Å². The normalized spacial score (nSPS) is 10.8. The Morgan fingerprint density at radius 1 is 1.28 bits per heavy atom. The maximum Gasteiger partial charge on any atom is 0.343 e. The van der Waals surface area contributed by atoms with Gasteiger partial charge in [-0.05, 0) is 43.7 Å². The molecule has 2 aromatic heterocycles. The molecule has 1 aromatic carbocycles. The summed E-state index contributed by atoms with van der Waals surface area (Å²) in [6.45, 7) is 3.94. The number of carbonyl (C=O) groups is 1. The van der Waals surface area contributed by atoms with E-state index in [0.717, 1.165) is 5.69 Å². The second kappa shape index (κ2) is 6.84. The maximum absolute atomic E-state index is 13.5. The number of hydrogen-bond donors (Lipinski definition) is 0. The Balaban J connectivity index is 2.21. The van der Waals surface area contributed by atoms with E-state index in [4.69, 9.17) is 4.74 Å². The van der Waals surface area contributed by atoms with Gasteiger partial charge >= 0.3 is 5.97 Å². The predicted molar refractivity (Wildman–Crippen MR) is 92.2 cm³/mol. The van der Waals surface area contributed by atoms with E-state index in [-0.39, 0.29) is 24.5 Å². The summed E-state index contributed by atoms with van der Waals surface area (Å²) in [6, 6.07) is 9.51. The first kappa shape index (κ1) is 16.8. The van der Waals surface area contributed by atoms with Crippen LogP contribution < -0.4 is 5.43 Å². The largest absolute Gasteiger partial charge is 0.462 e. The maximum atomic E-state index is 13.5. The third kappa shape index (κ3) is 3.42. The van der Waals surface area contributed by atoms with Crippen LogP contribution in [-0.2, 0) is 11.3 Å². The number of halogens is 1. The lowest BCUT2D eigenvalue weighted by Gasteiger charge is -2.13. The molecule has 0 atom stereocenters. The number of aryl methyl sites for hydroxylation is 1. The Labute approximate surface area is 143 Å². The van der Waals surface area contributed by atoms with Crippen molar-refractivity contribution in [2.45, 2.75) is 20.4 Å². The summed E-state index contributed by atoms with van der Waals surface area (Å²) in [5, 5.41) is 0.326. The smallest absolute Gasteiger partial charge is 0.343 e. The van der Waals surface area contributed by atoms with Gasteiger partial charge in [0.15, 0.2) is 0 Å². The molecule has 0 aliphatic heterocycles. The van der Waals surface area contributed by atoms with Crippen molar-refractivity contribution in [2.75, 3.05) is 6.61 Å². The quantitative estimate of drug-likeness (QED) is 0.685. The van der Waals surface area contributed by atoms with Gasteiger partial charge in [-0.3, -0.25) is 4.79 Å². The monoisotopic (exact) mass is 340 g/mol. The fourth-order valence-electron chi connectivity index (χ4n) is 2.67. The molecular formula is C19H17FN2O3. The first-order chi connectivity index (χ1) is 12.0.